The highest BCUT2D eigenvalue weighted by atomic mass is 35.5. The molecule has 0 fully saturated rings. The zero-order chi connectivity index (χ0) is 14.4. The second-order valence-electron chi connectivity index (χ2n) is 4.02. The number of anilines is 1. The molecule has 0 aliphatic heterocycles. The number of allylic oxidation sites excluding steroid dienone is 1. The lowest BCUT2D eigenvalue weighted by molar-refractivity contribution is 0.340. The average Bonchev–Trinajstić information content (AvgIpc) is 2.87. The number of benzene rings is 1. The molecule has 0 bridgehead atoms. The van der Waals surface area contributed by atoms with Gasteiger partial charge in [0.15, 0.2) is 0 Å². The maximum Gasteiger partial charge on any atom is 0.243 e. The molecule has 1 N–H and O–H groups in total. The standard InChI is InChI=1S/C13H16ClN5O/c1-3-7-19-13(16-17-18-19)15-9-10-5-6-12(20-4-2)11(14)8-10/h3,5-6,8H,1,4,7,9H2,2H3,(H,15,16,18). The van der Waals surface area contributed by atoms with Crippen LogP contribution in [0.15, 0.2) is 30.9 Å². The Morgan fingerprint density at radius 1 is 1.50 bits per heavy atom. The molecule has 0 aliphatic rings. The van der Waals surface area contributed by atoms with E-state index in [1.807, 2.05) is 25.1 Å². The van der Waals surface area contributed by atoms with E-state index in [1.165, 1.54) is 0 Å². The molecule has 0 aliphatic carbocycles. The molecular formula is C13H16ClN5O. The Balaban J connectivity index is 2.01. The zero-order valence-corrected chi connectivity index (χ0v) is 12.0. The minimum Gasteiger partial charge on any atom is -0.492 e. The average molecular weight is 294 g/mol. The summed E-state index contributed by atoms with van der Waals surface area (Å²) in [5.41, 5.74) is 1.02. The number of nitrogens with one attached hydrogen (secondary N) is 1. The maximum atomic E-state index is 6.14. The third kappa shape index (κ3) is 3.48. The summed E-state index contributed by atoms with van der Waals surface area (Å²) < 4.78 is 7.02. The normalized spacial score (nSPS) is 10.3. The topological polar surface area (TPSA) is 64.9 Å². The van der Waals surface area contributed by atoms with Crippen molar-refractivity contribution in [3.8, 4) is 5.75 Å². The smallest absolute Gasteiger partial charge is 0.243 e. The van der Waals surface area contributed by atoms with E-state index in [1.54, 1.807) is 10.8 Å². The van der Waals surface area contributed by atoms with Gasteiger partial charge in [0.05, 0.1) is 18.2 Å². The van der Waals surface area contributed by atoms with Gasteiger partial charge in [-0.3, -0.25) is 0 Å². The third-order valence-corrected chi connectivity index (χ3v) is 2.88. The lowest BCUT2D eigenvalue weighted by atomic mass is 10.2. The molecule has 0 radical (unpaired) electrons. The minimum absolute atomic E-state index is 0.555. The van der Waals surface area contributed by atoms with Crippen LogP contribution in [0.1, 0.15) is 12.5 Å². The van der Waals surface area contributed by atoms with Crippen LogP contribution in [0.3, 0.4) is 0 Å². The molecule has 2 rings (SSSR count). The number of nitrogens with zero attached hydrogens (tertiary/aromatic N) is 4. The predicted molar refractivity (Wildman–Crippen MR) is 78.0 cm³/mol. The molecule has 6 nitrogen and oxygen atoms in total. The Kier molecular flexibility index (Phi) is 4.95. The van der Waals surface area contributed by atoms with Crippen LogP contribution in [0, 0.1) is 0 Å². The van der Waals surface area contributed by atoms with E-state index in [0.717, 1.165) is 5.56 Å². The van der Waals surface area contributed by atoms with Gasteiger partial charge in [-0.15, -0.1) is 6.58 Å². The number of tetrazole rings is 1. The van der Waals surface area contributed by atoms with Crippen LogP contribution in [0.2, 0.25) is 5.02 Å². The van der Waals surface area contributed by atoms with Gasteiger partial charge in [-0.05, 0) is 35.0 Å². The van der Waals surface area contributed by atoms with Crippen LogP contribution in [0.5, 0.6) is 5.75 Å². The molecule has 1 aromatic heterocycles. The van der Waals surface area contributed by atoms with Gasteiger partial charge in [0.25, 0.3) is 0 Å². The Morgan fingerprint density at radius 3 is 3.05 bits per heavy atom. The molecule has 0 unspecified atom stereocenters. The lowest BCUT2D eigenvalue weighted by Gasteiger charge is -2.09. The highest BCUT2D eigenvalue weighted by Gasteiger charge is 2.06. The first-order valence-corrected chi connectivity index (χ1v) is 6.64. The second kappa shape index (κ2) is 6.91. The summed E-state index contributed by atoms with van der Waals surface area (Å²) in [5, 5.41) is 15.1. The summed E-state index contributed by atoms with van der Waals surface area (Å²) in [6, 6.07) is 5.67. The van der Waals surface area contributed by atoms with Crippen molar-refractivity contribution in [2.75, 3.05) is 11.9 Å². The Morgan fingerprint density at radius 2 is 2.35 bits per heavy atom. The van der Waals surface area contributed by atoms with Crippen molar-refractivity contribution in [3.63, 3.8) is 0 Å². The van der Waals surface area contributed by atoms with Crippen molar-refractivity contribution in [1.82, 2.24) is 20.2 Å². The van der Waals surface area contributed by atoms with Crippen LogP contribution < -0.4 is 10.1 Å². The SMILES string of the molecule is C=CCn1nnnc1NCc1ccc(OCC)c(Cl)c1. The van der Waals surface area contributed by atoms with Gasteiger partial charge in [0.2, 0.25) is 5.95 Å². The fraction of sp³-hybridized carbons (Fsp3) is 0.308. The summed E-state index contributed by atoms with van der Waals surface area (Å²) in [7, 11) is 0. The van der Waals surface area contributed by atoms with Crippen molar-refractivity contribution >= 4 is 17.5 Å². The van der Waals surface area contributed by atoms with E-state index in [0.29, 0.717) is 36.4 Å². The maximum absolute atomic E-state index is 6.14. The third-order valence-electron chi connectivity index (χ3n) is 2.58. The highest BCUT2D eigenvalue weighted by molar-refractivity contribution is 6.32. The molecule has 0 amide bonds. The lowest BCUT2D eigenvalue weighted by Crippen LogP contribution is -2.08. The number of halogens is 1. The van der Waals surface area contributed by atoms with Crippen molar-refractivity contribution in [2.24, 2.45) is 0 Å². The minimum atomic E-state index is 0.555. The molecule has 1 heterocycles. The number of hydrogen-bond acceptors (Lipinski definition) is 5. The van der Waals surface area contributed by atoms with Gasteiger partial charge in [0, 0.05) is 6.54 Å². The van der Waals surface area contributed by atoms with Gasteiger partial charge in [0.1, 0.15) is 5.75 Å². The first-order chi connectivity index (χ1) is 9.74. The molecule has 0 saturated carbocycles. The summed E-state index contributed by atoms with van der Waals surface area (Å²) in [6.45, 7) is 7.30. The van der Waals surface area contributed by atoms with Crippen LogP contribution in [0.4, 0.5) is 5.95 Å². The second-order valence-corrected chi connectivity index (χ2v) is 4.43. The van der Waals surface area contributed by atoms with Crippen molar-refractivity contribution in [3.05, 3.63) is 41.4 Å². The van der Waals surface area contributed by atoms with Crippen LogP contribution in [0.25, 0.3) is 0 Å². The van der Waals surface area contributed by atoms with Crippen molar-refractivity contribution in [1.29, 1.82) is 0 Å². The first kappa shape index (κ1) is 14.3. The molecule has 7 heteroatoms. The van der Waals surface area contributed by atoms with Crippen molar-refractivity contribution in [2.45, 2.75) is 20.0 Å². The predicted octanol–water partition coefficient (Wildman–Crippen LogP) is 2.52. The quantitative estimate of drug-likeness (QED) is 0.795. The van der Waals surface area contributed by atoms with Gasteiger partial charge in [-0.25, -0.2) is 4.68 Å². The van der Waals surface area contributed by atoms with E-state index in [4.69, 9.17) is 16.3 Å². The molecule has 20 heavy (non-hydrogen) atoms. The fourth-order valence-electron chi connectivity index (χ4n) is 1.68. The zero-order valence-electron chi connectivity index (χ0n) is 11.2. The fourth-order valence-corrected chi connectivity index (χ4v) is 1.94. The van der Waals surface area contributed by atoms with Crippen LogP contribution in [-0.4, -0.2) is 26.8 Å². The summed E-state index contributed by atoms with van der Waals surface area (Å²) in [5.74, 6) is 1.28. The Labute approximate surface area is 122 Å². The van der Waals surface area contributed by atoms with E-state index in [-0.39, 0.29) is 0 Å². The van der Waals surface area contributed by atoms with E-state index >= 15 is 0 Å². The molecule has 0 spiro atoms. The van der Waals surface area contributed by atoms with Crippen molar-refractivity contribution < 1.29 is 4.74 Å². The summed E-state index contributed by atoms with van der Waals surface area (Å²) in [6.07, 6.45) is 1.73. The molecule has 2 aromatic rings. The number of hydrogen-bond donors (Lipinski definition) is 1. The highest BCUT2D eigenvalue weighted by Crippen LogP contribution is 2.25. The van der Waals surface area contributed by atoms with E-state index < -0.39 is 0 Å². The number of ether oxygens (including phenoxy) is 1. The van der Waals surface area contributed by atoms with Gasteiger partial charge in [-0.2, -0.15) is 0 Å². The van der Waals surface area contributed by atoms with E-state index in [9.17, 15) is 0 Å². The monoisotopic (exact) mass is 293 g/mol. The van der Waals surface area contributed by atoms with Gasteiger partial charge in [-0.1, -0.05) is 28.8 Å². The summed E-state index contributed by atoms with van der Waals surface area (Å²) >= 11 is 6.14. The molecule has 106 valence electrons. The molecule has 0 atom stereocenters. The Hall–Kier alpha value is -2.08. The van der Waals surface area contributed by atoms with Crippen LogP contribution >= 0.6 is 11.6 Å². The first-order valence-electron chi connectivity index (χ1n) is 6.26. The molecule has 1 aromatic carbocycles. The summed E-state index contributed by atoms with van der Waals surface area (Å²) in [4.78, 5) is 0. The Bertz CT molecular complexity index is 584. The van der Waals surface area contributed by atoms with Gasteiger partial charge < -0.3 is 10.1 Å². The van der Waals surface area contributed by atoms with E-state index in [2.05, 4.69) is 27.4 Å². The molecule has 0 saturated heterocycles. The number of rotatable bonds is 7. The number of aromatic nitrogens is 4. The molecular weight excluding hydrogens is 278 g/mol. The largest absolute Gasteiger partial charge is 0.492 e. The van der Waals surface area contributed by atoms with Gasteiger partial charge >= 0.3 is 0 Å². The van der Waals surface area contributed by atoms with Crippen LogP contribution in [-0.2, 0) is 13.1 Å².